The molecule has 0 saturated heterocycles. The summed E-state index contributed by atoms with van der Waals surface area (Å²) in [6.07, 6.45) is 3.76. The highest BCUT2D eigenvalue weighted by molar-refractivity contribution is 7.92. The zero-order valence-corrected chi connectivity index (χ0v) is 24.1. The third-order valence-corrected chi connectivity index (χ3v) is 9.21. The summed E-state index contributed by atoms with van der Waals surface area (Å²) < 4.78 is 43.4. The van der Waals surface area contributed by atoms with Gasteiger partial charge in [0.15, 0.2) is 0 Å². The highest BCUT2D eigenvalue weighted by atomic mass is 35.5. The van der Waals surface area contributed by atoms with E-state index in [4.69, 9.17) is 11.6 Å². The van der Waals surface area contributed by atoms with Crippen LogP contribution in [0.4, 0.5) is 10.1 Å². The summed E-state index contributed by atoms with van der Waals surface area (Å²) in [7, 11) is -4.20. The van der Waals surface area contributed by atoms with E-state index >= 15 is 0 Å². The standard InChI is InChI=1S/C30H33ClFN3O4S/c1-21-18-24(31)16-17-28(21)35(40(38,39)26-13-4-3-5-14-26)20-29(36)34(19-23-10-6-9-15-27(23)32)22(2)30(37)33-25-11-7-8-12-25/h3-6,9-10,13-18,22,25H,7-8,11-12,19-20H2,1-2H3,(H,33,37). The number of nitrogens with zero attached hydrogens (tertiary/aromatic N) is 2. The molecular weight excluding hydrogens is 553 g/mol. The van der Waals surface area contributed by atoms with Gasteiger partial charge in [-0.05, 0) is 68.7 Å². The van der Waals surface area contributed by atoms with Crippen LogP contribution < -0.4 is 9.62 Å². The van der Waals surface area contributed by atoms with Crippen LogP contribution in [-0.4, -0.2) is 43.8 Å². The number of carbonyl (C=O) groups is 2. The lowest BCUT2D eigenvalue weighted by Crippen LogP contribution is -2.52. The molecule has 0 heterocycles. The summed E-state index contributed by atoms with van der Waals surface area (Å²) in [5.41, 5.74) is 1.04. The van der Waals surface area contributed by atoms with Crippen LogP contribution in [0.25, 0.3) is 0 Å². The van der Waals surface area contributed by atoms with Gasteiger partial charge in [0, 0.05) is 23.2 Å². The van der Waals surface area contributed by atoms with Crippen LogP contribution in [-0.2, 0) is 26.2 Å². The van der Waals surface area contributed by atoms with Gasteiger partial charge in [0.05, 0.1) is 10.6 Å². The van der Waals surface area contributed by atoms with Gasteiger partial charge in [-0.25, -0.2) is 12.8 Å². The first-order chi connectivity index (χ1) is 19.1. The van der Waals surface area contributed by atoms with Crippen molar-refractivity contribution < 1.29 is 22.4 Å². The fraction of sp³-hybridized carbons (Fsp3) is 0.333. The molecule has 0 bridgehead atoms. The van der Waals surface area contributed by atoms with Crippen molar-refractivity contribution in [2.24, 2.45) is 0 Å². The van der Waals surface area contributed by atoms with E-state index in [9.17, 15) is 22.4 Å². The Balaban J connectivity index is 1.71. The van der Waals surface area contributed by atoms with Crippen LogP contribution in [0.15, 0.2) is 77.7 Å². The molecule has 40 heavy (non-hydrogen) atoms. The zero-order valence-electron chi connectivity index (χ0n) is 22.5. The molecule has 4 rings (SSSR count). The van der Waals surface area contributed by atoms with Crippen molar-refractivity contribution in [1.29, 1.82) is 0 Å². The van der Waals surface area contributed by atoms with E-state index in [1.165, 1.54) is 23.1 Å². The van der Waals surface area contributed by atoms with Crippen molar-refractivity contribution in [2.45, 2.75) is 63.1 Å². The van der Waals surface area contributed by atoms with Gasteiger partial charge in [-0.2, -0.15) is 0 Å². The molecule has 3 aromatic carbocycles. The van der Waals surface area contributed by atoms with Crippen LogP contribution >= 0.6 is 11.6 Å². The van der Waals surface area contributed by atoms with Crippen LogP contribution in [0.3, 0.4) is 0 Å². The second-order valence-electron chi connectivity index (χ2n) is 10.0. The van der Waals surface area contributed by atoms with Gasteiger partial charge >= 0.3 is 0 Å². The van der Waals surface area contributed by atoms with Crippen molar-refractivity contribution >= 4 is 39.1 Å². The first-order valence-corrected chi connectivity index (χ1v) is 15.1. The lowest BCUT2D eigenvalue weighted by Gasteiger charge is -2.33. The first kappa shape index (κ1) is 29.6. The van der Waals surface area contributed by atoms with Crippen molar-refractivity contribution in [2.75, 3.05) is 10.8 Å². The Morgan fingerprint density at radius 2 is 1.68 bits per heavy atom. The van der Waals surface area contributed by atoms with E-state index in [-0.39, 0.29) is 34.6 Å². The van der Waals surface area contributed by atoms with Gasteiger partial charge in [-0.3, -0.25) is 13.9 Å². The quantitative estimate of drug-likeness (QED) is 0.342. The van der Waals surface area contributed by atoms with E-state index in [0.717, 1.165) is 30.0 Å². The third-order valence-electron chi connectivity index (χ3n) is 7.20. The predicted molar refractivity (Wildman–Crippen MR) is 154 cm³/mol. The molecule has 212 valence electrons. The number of benzene rings is 3. The normalized spacial score (nSPS) is 14.5. The molecule has 0 radical (unpaired) electrons. The summed E-state index contributed by atoms with van der Waals surface area (Å²) in [6, 6.07) is 17.6. The molecule has 0 aliphatic heterocycles. The molecule has 1 saturated carbocycles. The average molecular weight is 586 g/mol. The fourth-order valence-corrected chi connectivity index (χ4v) is 6.64. The van der Waals surface area contributed by atoms with Crippen LogP contribution in [0, 0.1) is 12.7 Å². The number of nitrogens with one attached hydrogen (secondary N) is 1. The maximum absolute atomic E-state index is 14.7. The number of sulfonamides is 1. The number of hydrogen-bond acceptors (Lipinski definition) is 4. The van der Waals surface area contributed by atoms with E-state index < -0.39 is 34.3 Å². The number of aryl methyl sites for hydroxylation is 1. The molecule has 1 atom stereocenters. The summed E-state index contributed by atoms with van der Waals surface area (Å²) in [5.74, 6) is -1.53. The highest BCUT2D eigenvalue weighted by Gasteiger charge is 2.34. The number of hydrogen-bond donors (Lipinski definition) is 1. The van der Waals surface area contributed by atoms with Crippen LogP contribution in [0.1, 0.15) is 43.7 Å². The molecule has 1 fully saturated rings. The van der Waals surface area contributed by atoms with E-state index in [0.29, 0.717) is 10.6 Å². The summed E-state index contributed by atoms with van der Waals surface area (Å²) in [4.78, 5) is 28.5. The average Bonchev–Trinajstić information content (AvgIpc) is 3.44. The van der Waals surface area contributed by atoms with Gasteiger partial charge in [-0.15, -0.1) is 0 Å². The van der Waals surface area contributed by atoms with E-state index in [1.807, 2.05) is 0 Å². The minimum absolute atomic E-state index is 0.00447. The molecule has 1 N–H and O–H groups in total. The Labute approximate surface area is 240 Å². The maximum atomic E-state index is 14.7. The Morgan fingerprint density at radius 3 is 2.33 bits per heavy atom. The molecule has 0 aromatic heterocycles. The minimum atomic E-state index is -4.20. The number of halogens is 2. The molecular formula is C30H33ClFN3O4S. The van der Waals surface area contributed by atoms with E-state index in [1.54, 1.807) is 68.4 Å². The van der Waals surface area contributed by atoms with Gasteiger partial charge < -0.3 is 10.2 Å². The molecule has 0 spiro atoms. The molecule has 1 aliphatic carbocycles. The number of amides is 2. The number of rotatable bonds is 10. The van der Waals surface area contributed by atoms with Gasteiger partial charge in [0.1, 0.15) is 18.4 Å². The Hall–Kier alpha value is -3.43. The Kier molecular flexibility index (Phi) is 9.48. The van der Waals surface area contributed by atoms with Crippen molar-refractivity contribution in [1.82, 2.24) is 10.2 Å². The zero-order chi connectivity index (χ0) is 28.9. The molecule has 7 nitrogen and oxygen atoms in total. The molecule has 2 amide bonds. The van der Waals surface area contributed by atoms with Crippen molar-refractivity contribution in [3.05, 3.63) is 94.8 Å². The smallest absolute Gasteiger partial charge is 0.264 e. The Morgan fingerprint density at radius 1 is 1.02 bits per heavy atom. The minimum Gasteiger partial charge on any atom is -0.352 e. The van der Waals surface area contributed by atoms with Crippen LogP contribution in [0.5, 0.6) is 0 Å². The van der Waals surface area contributed by atoms with E-state index in [2.05, 4.69) is 5.32 Å². The summed E-state index contributed by atoms with van der Waals surface area (Å²) in [6.45, 7) is 2.47. The predicted octanol–water partition coefficient (Wildman–Crippen LogP) is 5.46. The molecule has 1 aliphatic rings. The monoisotopic (exact) mass is 585 g/mol. The largest absolute Gasteiger partial charge is 0.352 e. The lowest BCUT2D eigenvalue weighted by molar-refractivity contribution is -0.139. The van der Waals surface area contributed by atoms with Crippen molar-refractivity contribution in [3.8, 4) is 0 Å². The van der Waals surface area contributed by atoms with Gasteiger partial charge in [0.2, 0.25) is 11.8 Å². The summed E-state index contributed by atoms with van der Waals surface area (Å²) in [5, 5.41) is 3.42. The second-order valence-corrected chi connectivity index (χ2v) is 12.3. The third kappa shape index (κ3) is 6.82. The Bertz CT molecular complexity index is 1460. The first-order valence-electron chi connectivity index (χ1n) is 13.2. The van der Waals surface area contributed by atoms with Gasteiger partial charge in [-0.1, -0.05) is 60.8 Å². The maximum Gasteiger partial charge on any atom is 0.264 e. The molecule has 1 unspecified atom stereocenters. The topological polar surface area (TPSA) is 86.8 Å². The molecule has 10 heteroatoms. The number of anilines is 1. The molecule has 3 aromatic rings. The lowest BCUT2D eigenvalue weighted by atomic mass is 10.1. The fourth-order valence-electron chi connectivity index (χ4n) is 4.92. The highest BCUT2D eigenvalue weighted by Crippen LogP contribution is 2.29. The van der Waals surface area contributed by atoms with Gasteiger partial charge in [0.25, 0.3) is 10.0 Å². The van der Waals surface area contributed by atoms with Crippen molar-refractivity contribution in [3.63, 3.8) is 0 Å². The summed E-state index contributed by atoms with van der Waals surface area (Å²) >= 11 is 6.14. The number of carbonyl (C=O) groups excluding carboxylic acids is 2. The van der Waals surface area contributed by atoms with Crippen LogP contribution in [0.2, 0.25) is 5.02 Å². The SMILES string of the molecule is Cc1cc(Cl)ccc1N(CC(=O)N(Cc1ccccc1F)C(C)C(=O)NC1CCCC1)S(=O)(=O)c1ccccc1. The second kappa shape index (κ2) is 12.8.